The van der Waals surface area contributed by atoms with Crippen molar-refractivity contribution in [3.63, 3.8) is 0 Å². The third-order valence-electron chi connectivity index (χ3n) is 1.71. The third kappa shape index (κ3) is 7.28. The number of allylic oxidation sites excluding steroid dienone is 2. The predicted molar refractivity (Wildman–Crippen MR) is 53.6 cm³/mol. The van der Waals surface area contributed by atoms with E-state index >= 15 is 0 Å². The molecule has 0 amide bonds. The molecule has 0 fully saturated rings. The van der Waals surface area contributed by atoms with Crippen molar-refractivity contribution >= 4 is 5.97 Å². The van der Waals surface area contributed by atoms with E-state index in [9.17, 15) is 4.79 Å². The van der Waals surface area contributed by atoms with Gasteiger partial charge in [0.1, 0.15) is 0 Å². The van der Waals surface area contributed by atoms with Gasteiger partial charge in [-0.05, 0) is 25.3 Å². The first-order valence-electron chi connectivity index (χ1n) is 4.35. The highest BCUT2D eigenvalue weighted by Gasteiger charge is 2.04. The predicted octanol–water partition coefficient (Wildman–Crippen LogP) is 1.43. The maximum Gasteiger partial charge on any atom is 0.317 e. The normalized spacial score (nSPS) is 9.92. The number of carbonyl (C=O) groups is 1. The summed E-state index contributed by atoms with van der Waals surface area (Å²) in [4.78, 5) is 10.2. The number of carboxylic acids is 1. The molecular weight excluding hydrogens is 166 g/mol. The Kier molecular flexibility index (Phi) is 6.92. The largest absolute Gasteiger partial charge is 0.480 e. The summed E-state index contributed by atoms with van der Waals surface area (Å²) in [6.07, 6.45) is 5.46. The molecular formula is C10H17NO2. The standard InChI is InChI=1S/C10H17NO2/c1-3-5-9(6-4-2)7-11-8-10(12)13/h3-4,9,11H,1-2,5-8H2,(H,12,13). The van der Waals surface area contributed by atoms with E-state index in [0.29, 0.717) is 12.5 Å². The quantitative estimate of drug-likeness (QED) is 0.560. The first kappa shape index (κ1) is 11.9. The highest BCUT2D eigenvalue weighted by Crippen LogP contribution is 2.07. The number of carboxylic acid groups (broad SMARTS) is 1. The van der Waals surface area contributed by atoms with Crippen LogP contribution in [0, 0.1) is 5.92 Å². The van der Waals surface area contributed by atoms with Crippen molar-refractivity contribution in [2.75, 3.05) is 13.1 Å². The summed E-state index contributed by atoms with van der Waals surface area (Å²) < 4.78 is 0. The SMILES string of the molecule is C=CCC(CC=C)CNCC(=O)O. The van der Waals surface area contributed by atoms with Gasteiger partial charge in [0, 0.05) is 0 Å². The fourth-order valence-corrected chi connectivity index (χ4v) is 1.12. The van der Waals surface area contributed by atoms with E-state index in [2.05, 4.69) is 18.5 Å². The topological polar surface area (TPSA) is 49.3 Å². The summed E-state index contributed by atoms with van der Waals surface area (Å²) in [5.41, 5.74) is 0. The van der Waals surface area contributed by atoms with Crippen LogP contribution in [0.2, 0.25) is 0 Å². The minimum atomic E-state index is -0.823. The summed E-state index contributed by atoms with van der Waals surface area (Å²) in [7, 11) is 0. The molecule has 0 bridgehead atoms. The van der Waals surface area contributed by atoms with Gasteiger partial charge in [0.2, 0.25) is 0 Å². The second-order valence-corrected chi connectivity index (χ2v) is 2.94. The molecule has 2 N–H and O–H groups in total. The Bertz CT molecular complexity index is 168. The van der Waals surface area contributed by atoms with Gasteiger partial charge in [-0.3, -0.25) is 4.79 Å². The van der Waals surface area contributed by atoms with Crippen LogP contribution in [0.4, 0.5) is 0 Å². The van der Waals surface area contributed by atoms with Crippen molar-refractivity contribution in [2.45, 2.75) is 12.8 Å². The Labute approximate surface area is 79.2 Å². The zero-order valence-corrected chi connectivity index (χ0v) is 7.83. The summed E-state index contributed by atoms with van der Waals surface area (Å²) >= 11 is 0. The lowest BCUT2D eigenvalue weighted by Crippen LogP contribution is -2.27. The van der Waals surface area contributed by atoms with Crippen LogP contribution in [0.1, 0.15) is 12.8 Å². The molecule has 0 unspecified atom stereocenters. The molecule has 0 spiro atoms. The molecule has 3 nitrogen and oxygen atoms in total. The van der Waals surface area contributed by atoms with Crippen molar-refractivity contribution in [2.24, 2.45) is 5.92 Å². The molecule has 0 aliphatic rings. The fraction of sp³-hybridized carbons (Fsp3) is 0.500. The summed E-state index contributed by atoms with van der Waals surface area (Å²) in [6, 6.07) is 0. The molecule has 0 aliphatic carbocycles. The smallest absolute Gasteiger partial charge is 0.317 e. The average Bonchev–Trinajstić information content (AvgIpc) is 2.04. The summed E-state index contributed by atoms with van der Waals surface area (Å²) in [5, 5.41) is 11.2. The van der Waals surface area contributed by atoms with Crippen molar-refractivity contribution in [1.29, 1.82) is 0 Å². The van der Waals surface area contributed by atoms with Crippen molar-refractivity contribution < 1.29 is 9.90 Å². The van der Waals surface area contributed by atoms with Crippen LogP contribution in [-0.4, -0.2) is 24.2 Å². The molecule has 3 heteroatoms. The minimum absolute atomic E-state index is 0.0186. The van der Waals surface area contributed by atoms with Crippen LogP contribution in [-0.2, 0) is 4.79 Å². The first-order chi connectivity index (χ1) is 6.20. The molecule has 0 atom stereocenters. The number of rotatable bonds is 8. The molecule has 0 aromatic rings. The number of hydrogen-bond acceptors (Lipinski definition) is 2. The highest BCUT2D eigenvalue weighted by atomic mass is 16.4. The van der Waals surface area contributed by atoms with Crippen LogP contribution in [0.25, 0.3) is 0 Å². The summed E-state index contributed by atoms with van der Waals surface area (Å²) in [5.74, 6) is -0.412. The van der Waals surface area contributed by atoms with Crippen molar-refractivity contribution in [3.05, 3.63) is 25.3 Å². The van der Waals surface area contributed by atoms with Crippen molar-refractivity contribution in [3.8, 4) is 0 Å². The van der Waals surface area contributed by atoms with E-state index < -0.39 is 5.97 Å². The molecule has 0 aromatic heterocycles. The maximum atomic E-state index is 10.2. The van der Waals surface area contributed by atoms with E-state index in [1.165, 1.54) is 0 Å². The Hall–Kier alpha value is -1.09. The first-order valence-corrected chi connectivity index (χ1v) is 4.35. The molecule has 0 rings (SSSR count). The van der Waals surface area contributed by atoms with Crippen LogP contribution >= 0.6 is 0 Å². The highest BCUT2D eigenvalue weighted by molar-refractivity contribution is 5.68. The molecule has 0 saturated carbocycles. The van der Waals surface area contributed by atoms with Crippen LogP contribution in [0.5, 0.6) is 0 Å². The Morgan fingerprint density at radius 1 is 1.38 bits per heavy atom. The van der Waals surface area contributed by atoms with E-state index in [-0.39, 0.29) is 6.54 Å². The molecule has 0 heterocycles. The molecule has 0 radical (unpaired) electrons. The van der Waals surface area contributed by atoms with Gasteiger partial charge in [0.05, 0.1) is 6.54 Å². The molecule has 0 aliphatic heterocycles. The number of nitrogens with one attached hydrogen (secondary N) is 1. The average molecular weight is 183 g/mol. The second-order valence-electron chi connectivity index (χ2n) is 2.94. The molecule has 0 aromatic carbocycles. The molecule has 13 heavy (non-hydrogen) atoms. The van der Waals surface area contributed by atoms with E-state index in [0.717, 1.165) is 12.8 Å². The van der Waals surface area contributed by atoms with Gasteiger partial charge < -0.3 is 10.4 Å². The Morgan fingerprint density at radius 3 is 2.31 bits per heavy atom. The van der Waals surface area contributed by atoms with E-state index in [4.69, 9.17) is 5.11 Å². The lowest BCUT2D eigenvalue weighted by molar-refractivity contribution is -0.135. The molecule has 74 valence electrons. The number of hydrogen-bond donors (Lipinski definition) is 2. The van der Waals surface area contributed by atoms with Gasteiger partial charge in [-0.15, -0.1) is 13.2 Å². The second kappa shape index (κ2) is 7.55. The minimum Gasteiger partial charge on any atom is -0.480 e. The van der Waals surface area contributed by atoms with Gasteiger partial charge in [-0.1, -0.05) is 12.2 Å². The maximum absolute atomic E-state index is 10.2. The van der Waals surface area contributed by atoms with Gasteiger partial charge in [-0.2, -0.15) is 0 Å². The Balaban J connectivity index is 3.60. The van der Waals surface area contributed by atoms with Gasteiger partial charge in [0.25, 0.3) is 0 Å². The fourth-order valence-electron chi connectivity index (χ4n) is 1.12. The van der Waals surface area contributed by atoms with Gasteiger partial charge in [-0.25, -0.2) is 0 Å². The zero-order valence-electron chi connectivity index (χ0n) is 7.83. The monoisotopic (exact) mass is 183 g/mol. The van der Waals surface area contributed by atoms with Crippen LogP contribution in [0.3, 0.4) is 0 Å². The van der Waals surface area contributed by atoms with E-state index in [1.807, 2.05) is 12.2 Å². The van der Waals surface area contributed by atoms with E-state index in [1.54, 1.807) is 0 Å². The van der Waals surface area contributed by atoms with Crippen molar-refractivity contribution in [1.82, 2.24) is 5.32 Å². The summed E-state index contributed by atoms with van der Waals surface area (Å²) in [6.45, 7) is 8.01. The third-order valence-corrected chi connectivity index (χ3v) is 1.71. The van der Waals surface area contributed by atoms with Crippen LogP contribution < -0.4 is 5.32 Å². The van der Waals surface area contributed by atoms with Gasteiger partial charge in [0.15, 0.2) is 0 Å². The zero-order chi connectivity index (χ0) is 10.1. The van der Waals surface area contributed by atoms with Crippen LogP contribution in [0.15, 0.2) is 25.3 Å². The number of aliphatic carboxylic acids is 1. The van der Waals surface area contributed by atoms with Gasteiger partial charge >= 0.3 is 5.97 Å². The lowest BCUT2D eigenvalue weighted by Gasteiger charge is -2.12. The molecule has 0 saturated heterocycles. The lowest BCUT2D eigenvalue weighted by atomic mass is 10.0. The Morgan fingerprint density at radius 2 is 1.92 bits per heavy atom.